The molecule has 1 heterocycles. The summed E-state index contributed by atoms with van der Waals surface area (Å²) in [5.74, 6) is 0.158. The summed E-state index contributed by atoms with van der Waals surface area (Å²) in [4.78, 5) is 0. The summed E-state index contributed by atoms with van der Waals surface area (Å²) in [7, 11) is 0. The first-order chi connectivity index (χ1) is 7.61. The fraction of sp³-hybridized carbons (Fsp3) is 0.750. The van der Waals surface area contributed by atoms with Crippen LogP contribution in [0.2, 0.25) is 5.02 Å². The number of aliphatic hydroxyl groups is 1. The lowest BCUT2D eigenvalue weighted by Gasteiger charge is -2.29. The summed E-state index contributed by atoms with van der Waals surface area (Å²) in [5, 5.41) is 15.1. The molecule has 4 heteroatoms. The molecule has 0 spiro atoms. The maximum absolute atomic E-state index is 10.1. The Morgan fingerprint density at radius 2 is 2.12 bits per heavy atom. The average Bonchev–Trinajstić information content (AvgIpc) is 2.61. The molecule has 2 rings (SSSR count). The van der Waals surface area contributed by atoms with Crippen LogP contribution in [0.25, 0.3) is 0 Å². The number of halogens is 1. The van der Waals surface area contributed by atoms with Crippen molar-refractivity contribution in [3.05, 3.63) is 16.9 Å². The second kappa shape index (κ2) is 4.76. The molecule has 2 atom stereocenters. The van der Waals surface area contributed by atoms with Crippen molar-refractivity contribution in [2.24, 2.45) is 0 Å². The summed E-state index contributed by atoms with van der Waals surface area (Å²) >= 11 is 6.19. The summed E-state index contributed by atoms with van der Waals surface area (Å²) in [6.07, 6.45) is 5.61. The van der Waals surface area contributed by atoms with Gasteiger partial charge in [0.2, 0.25) is 0 Å². The first-order valence-corrected chi connectivity index (χ1v) is 6.40. The number of hydrogen-bond acceptors (Lipinski definition) is 2. The van der Waals surface area contributed by atoms with E-state index in [-0.39, 0.29) is 18.1 Å². The zero-order chi connectivity index (χ0) is 11.7. The van der Waals surface area contributed by atoms with Gasteiger partial charge in [0.15, 0.2) is 0 Å². The van der Waals surface area contributed by atoms with E-state index in [1.165, 1.54) is 6.42 Å². The van der Waals surface area contributed by atoms with E-state index < -0.39 is 0 Å². The van der Waals surface area contributed by atoms with Crippen LogP contribution >= 0.6 is 11.6 Å². The molecule has 0 aliphatic heterocycles. The summed E-state index contributed by atoms with van der Waals surface area (Å²) in [5.41, 5.74) is 1.02. The minimum Gasteiger partial charge on any atom is -0.392 e. The predicted molar refractivity (Wildman–Crippen MR) is 64.8 cm³/mol. The zero-order valence-corrected chi connectivity index (χ0v) is 10.6. The highest BCUT2D eigenvalue weighted by Gasteiger charge is 2.30. The smallest absolute Gasteiger partial charge is 0.0821 e. The summed E-state index contributed by atoms with van der Waals surface area (Å²) in [6, 6.07) is 0.289. The molecule has 2 unspecified atom stereocenters. The number of aliphatic hydroxyl groups excluding tert-OH is 1. The third-order valence-electron chi connectivity index (χ3n) is 3.36. The Hall–Kier alpha value is -0.540. The Labute approximate surface area is 101 Å². The van der Waals surface area contributed by atoms with E-state index in [2.05, 4.69) is 18.9 Å². The van der Waals surface area contributed by atoms with Gasteiger partial charge in [-0.15, -0.1) is 0 Å². The van der Waals surface area contributed by atoms with Crippen LogP contribution in [0.3, 0.4) is 0 Å². The molecular formula is C12H19ClN2O. The maximum atomic E-state index is 10.1. The predicted octanol–water partition coefficient (Wildman–Crippen LogP) is 3.14. The Balaban J connectivity index is 2.33. The van der Waals surface area contributed by atoms with Crippen LogP contribution in [0.1, 0.15) is 57.2 Å². The molecule has 1 saturated carbocycles. The average molecular weight is 243 g/mol. The maximum Gasteiger partial charge on any atom is 0.0821 e. The second-order valence-corrected chi connectivity index (χ2v) is 5.28. The van der Waals surface area contributed by atoms with Gasteiger partial charge in [-0.3, -0.25) is 4.68 Å². The fourth-order valence-corrected chi connectivity index (χ4v) is 2.81. The standard InChI is InChI=1S/C12H19ClN2O/c1-8(2)15-12(10(13)7-14-15)9-5-3-4-6-11(9)16/h7-9,11,16H,3-6H2,1-2H3. The topological polar surface area (TPSA) is 38.0 Å². The molecule has 0 bridgehead atoms. The molecule has 90 valence electrons. The summed E-state index contributed by atoms with van der Waals surface area (Å²) < 4.78 is 1.95. The van der Waals surface area contributed by atoms with Gasteiger partial charge in [-0.2, -0.15) is 5.10 Å². The second-order valence-electron chi connectivity index (χ2n) is 4.87. The highest BCUT2D eigenvalue weighted by atomic mass is 35.5. The lowest BCUT2D eigenvalue weighted by molar-refractivity contribution is 0.102. The van der Waals surface area contributed by atoms with E-state index in [0.29, 0.717) is 5.02 Å². The SMILES string of the molecule is CC(C)n1ncc(Cl)c1C1CCCCC1O. The van der Waals surface area contributed by atoms with Gasteiger partial charge in [-0.1, -0.05) is 24.4 Å². The van der Waals surface area contributed by atoms with Crippen molar-refractivity contribution in [1.29, 1.82) is 0 Å². The highest BCUT2D eigenvalue weighted by molar-refractivity contribution is 6.31. The number of nitrogens with zero attached hydrogens (tertiary/aromatic N) is 2. The minimum atomic E-state index is -0.263. The fourth-order valence-electron chi connectivity index (χ4n) is 2.54. The van der Waals surface area contributed by atoms with Gasteiger partial charge in [0.1, 0.15) is 0 Å². The van der Waals surface area contributed by atoms with Crippen molar-refractivity contribution in [2.45, 2.75) is 57.6 Å². The van der Waals surface area contributed by atoms with Crippen LogP contribution < -0.4 is 0 Å². The van der Waals surface area contributed by atoms with Gasteiger partial charge >= 0.3 is 0 Å². The van der Waals surface area contributed by atoms with Crippen LogP contribution in [0, 0.1) is 0 Å². The van der Waals surface area contributed by atoms with Gasteiger partial charge in [0, 0.05) is 12.0 Å². The van der Waals surface area contributed by atoms with Gasteiger partial charge in [0.25, 0.3) is 0 Å². The Kier molecular flexibility index (Phi) is 3.55. The van der Waals surface area contributed by atoms with E-state index in [1.807, 2.05) is 4.68 Å². The van der Waals surface area contributed by atoms with Crippen molar-refractivity contribution < 1.29 is 5.11 Å². The highest BCUT2D eigenvalue weighted by Crippen LogP contribution is 2.37. The number of hydrogen-bond donors (Lipinski definition) is 1. The van der Waals surface area contributed by atoms with E-state index in [9.17, 15) is 5.11 Å². The molecule has 1 N–H and O–H groups in total. The minimum absolute atomic E-state index is 0.158. The van der Waals surface area contributed by atoms with Crippen molar-refractivity contribution in [2.75, 3.05) is 0 Å². The van der Waals surface area contributed by atoms with Crippen LogP contribution in [0.15, 0.2) is 6.20 Å². The molecule has 1 aromatic heterocycles. The molecule has 0 aromatic carbocycles. The Morgan fingerprint density at radius 1 is 1.44 bits per heavy atom. The first kappa shape index (κ1) is 11.9. The third-order valence-corrected chi connectivity index (χ3v) is 3.65. The van der Waals surface area contributed by atoms with Crippen molar-refractivity contribution in [3.63, 3.8) is 0 Å². The van der Waals surface area contributed by atoms with Crippen molar-refractivity contribution in [1.82, 2.24) is 9.78 Å². The van der Waals surface area contributed by atoms with Gasteiger partial charge in [-0.25, -0.2) is 0 Å². The van der Waals surface area contributed by atoms with Crippen molar-refractivity contribution in [3.8, 4) is 0 Å². The largest absolute Gasteiger partial charge is 0.392 e. The molecule has 0 amide bonds. The summed E-state index contributed by atoms with van der Waals surface area (Å²) in [6.45, 7) is 4.17. The molecule has 0 saturated heterocycles. The van der Waals surface area contributed by atoms with Gasteiger partial charge in [-0.05, 0) is 26.7 Å². The van der Waals surface area contributed by atoms with Crippen LogP contribution in [-0.2, 0) is 0 Å². The molecule has 16 heavy (non-hydrogen) atoms. The molecule has 0 radical (unpaired) electrons. The Bertz CT molecular complexity index is 362. The first-order valence-electron chi connectivity index (χ1n) is 6.02. The molecule has 3 nitrogen and oxygen atoms in total. The van der Waals surface area contributed by atoms with E-state index >= 15 is 0 Å². The van der Waals surface area contributed by atoms with Gasteiger partial charge in [0.05, 0.1) is 23.0 Å². The van der Waals surface area contributed by atoms with Crippen LogP contribution in [-0.4, -0.2) is 21.0 Å². The van der Waals surface area contributed by atoms with Crippen molar-refractivity contribution >= 4 is 11.6 Å². The molecule has 1 aliphatic carbocycles. The van der Waals surface area contributed by atoms with Crippen LogP contribution in [0.4, 0.5) is 0 Å². The lowest BCUT2D eigenvalue weighted by atomic mass is 9.84. The molecular weight excluding hydrogens is 224 g/mol. The quantitative estimate of drug-likeness (QED) is 0.865. The Morgan fingerprint density at radius 3 is 2.75 bits per heavy atom. The number of aromatic nitrogens is 2. The van der Waals surface area contributed by atoms with Crippen LogP contribution in [0.5, 0.6) is 0 Å². The van der Waals surface area contributed by atoms with E-state index in [1.54, 1.807) is 6.20 Å². The normalized spacial score (nSPS) is 26.3. The zero-order valence-electron chi connectivity index (χ0n) is 9.86. The number of rotatable bonds is 2. The molecule has 1 aromatic rings. The lowest BCUT2D eigenvalue weighted by Crippen LogP contribution is -2.25. The monoisotopic (exact) mass is 242 g/mol. The molecule has 1 fully saturated rings. The third kappa shape index (κ3) is 2.11. The van der Waals surface area contributed by atoms with E-state index in [4.69, 9.17) is 11.6 Å². The molecule has 1 aliphatic rings. The van der Waals surface area contributed by atoms with E-state index in [0.717, 1.165) is 25.0 Å². The van der Waals surface area contributed by atoms with Gasteiger partial charge < -0.3 is 5.11 Å².